The number of rotatable bonds is 10. The fourth-order valence-corrected chi connectivity index (χ4v) is 5.03. The Kier molecular flexibility index (Phi) is 12.5. The number of thiocarbonyl (C=S) groups is 1. The standard InChI is InChI=1S/C21H31NO12S2/c1-7-30-20(35)36-21(19(28)29-6)8-14(27)16(22-10(2)23)18(34-21)17(33-13(5)26)15(32-12(4)25)9-31-11(3)24/h14-18,27H,7-9H2,1-6H3,(H,22,23)/t14-,15+,16+,17-,18+,21-/m0/s1. The van der Waals surface area contributed by atoms with Gasteiger partial charge in [0.25, 0.3) is 0 Å². The molecule has 6 atom stereocenters. The lowest BCUT2D eigenvalue weighted by Crippen LogP contribution is -2.67. The van der Waals surface area contributed by atoms with Crippen LogP contribution in [0, 0.1) is 0 Å². The Labute approximate surface area is 217 Å². The molecule has 1 fully saturated rings. The van der Waals surface area contributed by atoms with Crippen LogP contribution in [0.25, 0.3) is 0 Å². The summed E-state index contributed by atoms with van der Waals surface area (Å²) in [7, 11) is 1.09. The number of esters is 4. The van der Waals surface area contributed by atoms with Gasteiger partial charge in [-0.2, -0.15) is 0 Å². The van der Waals surface area contributed by atoms with E-state index in [1.165, 1.54) is 6.92 Å². The van der Waals surface area contributed by atoms with Crippen molar-refractivity contribution in [2.45, 2.75) is 76.4 Å². The van der Waals surface area contributed by atoms with Crippen molar-refractivity contribution in [3.63, 3.8) is 0 Å². The van der Waals surface area contributed by atoms with E-state index in [9.17, 15) is 29.1 Å². The first-order valence-corrected chi connectivity index (χ1v) is 12.0. The van der Waals surface area contributed by atoms with E-state index >= 15 is 0 Å². The summed E-state index contributed by atoms with van der Waals surface area (Å²) in [6.45, 7) is 5.70. The molecule has 15 heteroatoms. The first kappa shape index (κ1) is 31.5. The van der Waals surface area contributed by atoms with Crippen molar-refractivity contribution in [2.24, 2.45) is 0 Å². The van der Waals surface area contributed by atoms with E-state index < -0.39 is 78.2 Å². The Morgan fingerprint density at radius 3 is 2.17 bits per heavy atom. The van der Waals surface area contributed by atoms with Crippen molar-refractivity contribution in [3.05, 3.63) is 0 Å². The predicted octanol–water partition coefficient (Wildman–Crippen LogP) is -0.00870. The quantitative estimate of drug-likeness (QED) is 0.210. The molecular formula is C21H31NO12S2. The minimum atomic E-state index is -2.00. The number of ether oxygens (including phenoxy) is 6. The summed E-state index contributed by atoms with van der Waals surface area (Å²) in [5.41, 5.74) is 0. The van der Waals surface area contributed by atoms with Crippen LogP contribution in [0.5, 0.6) is 0 Å². The van der Waals surface area contributed by atoms with Crippen LogP contribution >= 0.6 is 24.0 Å². The highest BCUT2D eigenvalue weighted by atomic mass is 32.2. The third kappa shape index (κ3) is 9.19. The van der Waals surface area contributed by atoms with Crippen molar-refractivity contribution >= 4 is 58.1 Å². The number of carbonyl (C=O) groups excluding carboxylic acids is 5. The van der Waals surface area contributed by atoms with Gasteiger partial charge in [0.15, 0.2) is 12.2 Å². The summed E-state index contributed by atoms with van der Waals surface area (Å²) in [5.74, 6) is -3.93. The molecule has 2 N–H and O–H groups in total. The topological polar surface area (TPSA) is 173 Å². The molecule has 0 aromatic carbocycles. The zero-order chi connectivity index (χ0) is 27.6. The lowest BCUT2D eigenvalue weighted by Gasteiger charge is -2.47. The highest BCUT2D eigenvalue weighted by molar-refractivity contribution is 8.23. The number of hydrogen-bond donors (Lipinski definition) is 2. The number of thioether (sulfide) groups is 1. The Morgan fingerprint density at radius 1 is 1.08 bits per heavy atom. The second kappa shape index (κ2) is 14.3. The summed E-state index contributed by atoms with van der Waals surface area (Å²) in [4.78, 5) is 58.2. The number of methoxy groups -OCH3 is 1. The van der Waals surface area contributed by atoms with Gasteiger partial charge in [-0.3, -0.25) is 19.2 Å². The number of aliphatic hydroxyl groups is 1. The molecule has 0 spiro atoms. The minimum absolute atomic E-state index is 0.104. The van der Waals surface area contributed by atoms with Gasteiger partial charge in [-0.25, -0.2) is 4.79 Å². The van der Waals surface area contributed by atoms with Gasteiger partial charge in [-0.1, -0.05) is 0 Å². The van der Waals surface area contributed by atoms with E-state index in [0.717, 1.165) is 27.9 Å². The Hall–Kier alpha value is -2.49. The van der Waals surface area contributed by atoms with Crippen LogP contribution in [-0.2, 0) is 52.4 Å². The van der Waals surface area contributed by atoms with E-state index in [1.807, 2.05) is 0 Å². The molecule has 1 amide bonds. The van der Waals surface area contributed by atoms with Crippen molar-refractivity contribution in [3.8, 4) is 0 Å². The molecule has 0 aromatic heterocycles. The van der Waals surface area contributed by atoms with Crippen LogP contribution in [0.4, 0.5) is 0 Å². The minimum Gasteiger partial charge on any atom is -0.479 e. The highest BCUT2D eigenvalue weighted by Gasteiger charge is 2.58. The van der Waals surface area contributed by atoms with Crippen LogP contribution < -0.4 is 5.32 Å². The van der Waals surface area contributed by atoms with E-state index in [0.29, 0.717) is 11.8 Å². The molecule has 1 rings (SSSR count). The van der Waals surface area contributed by atoms with Crippen molar-refractivity contribution in [2.75, 3.05) is 20.3 Å². The average Bonchev–Trinajstić information content (AvgIpc) is 2.75. The molecule has 1 aliphatic heterocycles. The third-order valence-corrected chi connectivity index (χ3v) is 6.12. The monoisotopic (exact) mass is 553 g/mol. The Morgan fingerprint density at radius 2 is 1.69 bits per heavy atom. The first-order chi connectivity index (χ1) is 16.8. The number of amides is 1. The SMILES string of the molecule is CCOC(=S)S[C@]1(C(=O)OC)C[C@H](O)[C@@H](NC(C)=O)[C@H]([C@@H](OC(C)=O)[C@@H](COC(C)=O)OC(C)=O)O1. The van der Waals surface area contributed by atoms with Gasteiger partial charge in [0.1, 0.15) is 12.7 Å². The molecule has 1 saturated heterocycles. The molecular weight excluding hydrogens is 522 g/mol. The molecule has 36 heavy (non-hydrogen) atoms. The first-order valence-electron chi connectivity index (χ1n) is 10.8. The fourth-order valence-electron chi connectivity index (χ4n) is 3.48. The van der Waals surface area contributed by atoms with Crippen LogP contribution in [0.3, 0.4) is 0 Å². The van der Waals surface area contributed by atoms with Crippen LogP contribution in [-0.4, -0.2) is 95.0 Å². The van der Waals surface area contributed by atoms with Gasteiger partial charge in [0, 0.05) is 34.1 Å². The van der Waals surface area contributed by atoms with Gasteiger partial charge in [-0.05, 0) is 30.9 Å². The summed E-state index contributed by atoms with van der Waals surface area (Å²) in [6.07, 6.45) is -6.40. The average molecular weight is 554 g/mol. The number of aliphatic hydroxyl groups excluding tert-OH is 1. The summed E-state index contributed by atoms with van der Waals surface area (Å²) in [5, 5.41) is 13.5. The maximum Gasteiger partial charge on any atom is 0.349 e. The van der Waals surface area contributed by atoms with Crippen molar-refractivity contribution in [1.29, 1.82) is 0 Å². The Balaban J connectivity index is 3.66. The summed E-state index contributed by atoms with van der Waals surface area (Å²) >= 11 is 5.79. The predicted molar refractivity (Wildman–Crippen MR) is 127 cm³/mol. The van der Waals surface area contributed by atoms with Crippen molar-refractivity contribution in [1.82, 2.24) is 5.32 Å². The maximum atomic E-state index is 12.9. The number of nitrogens with one attached hydrogen (secondary N) is 1. The summed E-state index contributed by atoms with van der Waals surface area (Å²) in [6, 6.07) is -1.26. The molecule has 1 heterocycles. The van der Waals surface area contributed by atoms with Crippen LogP contribution in [0.15, 0.2) is 0 Å². The van der Waals surface area contributed by atoms with E-state index in [1.54, 1.807) is 6.92 Å². The molecule has 0 bridgehead atoms. The molecule has 1 aliphatic rings. The van der Waals surface area contributed by atoms with Crippen LogP contribution in [0.1, 0.15) is 41.0 Å². The molecule has 0 unspecified atom stereocenters. The second-order valence-corrected chi connectivity index (χ2v) is 9.50. The van der Waals surface area contributed by atoms with E-state index in [-0.39, 0.29) is 11.0 Å². The van der Waals surface area contributed by atoms with Gasteiger partial charge < -0.3 is 38.8 Å². The lowest BCUT2D eigenvalue weighted by molar-refractivity contribution is -0.220. The molecule has 0 aliphatic carbocycles. The van der Waals surface area contributed by atoms with Gasteiger partial charge >= 0.3 is 23.9 Å². The zero-order valence-electron chi connectivity index (χ0n) is 20.8. The Bertz CT molecular complexity index is 853. The lowest BCUT2D eigenvalue weighted by atomic mass is 9.89. The maximum absolute atomic E-state index is 12.9. The molecule has 204 valence electrons. The van der Waals surface area contributed by atoms with Gasteiger partial charge in [0.05, 0.1) is 25.9 Å². The van der Waals surface area contributed by atoms with Crippen LogP contribution in [0.2, 0.25) is 0 Å². The molecule has 0 saturated carbocycles. The fraction of sp³-hybridized carbons (Fsp3) is 0.714. The molecule has 0 aromatic rings. The third-order valence-electron chi connectivity index (χ3n) is 4.71. The zero-order valence-corrected chi connectivity index (χ0v) is 22.4. The smallest absolute Gasteiger partial charge is 0.349 e. The van der Waals surface area contributed by atoms with Gasteiger partial charge in [0.2, 0.25) is 15.2 Å². The van der Waals surface area contributed by atoms with E-state index in [4.69, 9.17) is 40.6 Å². The van der Waals surface area contributed by atoms with E-state index in [2.05, 4.69) is 5.32 Å². The van der Waals surface area contributed by atoms with Crippen molar-refractivity contribution < 1.29 is 57.5 Å². The number of hydrogen-bond acceptors (Lipinski definition) is 14. The normalized spacial score (nSPS) is 24.9. The second-order valence-electron chi connectivity index (χ2n) is 7.63. The highest BCUT2D eigenvalue weighted by Crippen LogP contribution is 2.42. The van der Waals surface area contributed by atoms with Gasteiger partial charge in [-0.15, -0.1) is 0 Å². The number of carbonyl (C=O) groups is 5. The largest absolute Gasteiger partial charge is 0.479 e. The molecule has 13 nitrogen and oxygen atoms in total. The summed E-state index contributed by atoms with van der Waals surface area (Å²) < 4.78 is 31.7. The molecule has 0 radical (unpaired) electrons.